The van der Waals surface area contributed by atoms with Crippen LogP contribution in [0.5, 0.6) is 0 Å². The Bertz CT molecular complexity index is 760. The number of benzene rings is 2. The monoisotopic (exact) mass is 352 g/mol. The molecule has 2 aromatic carbocycles. The summed E-state index contributed by atoms with van der Waals surface area (Å²) in [6.07, 6.45) is 2.22. The van der Waals surface area contributed by atoms with Gasteiger partial charge in [0.25, 0.3) is 0 Å². The third-order valence-electron chi connectivity index (χ3n) is 5.77. The van der Waals surface area contributed by atoms with E-state index in [4.69, 9.17) is 4.74 Å². The van der Waals surface area contributed by atoms with Gasteiger partial charge in [0.05, 0.1) is 6.10 Å². The first kappa shape index (κ1) is 20.7. The highest BCUT2D eigenvalue weighted by molar-refractivity contribution is 5.47. The number of methoxy groups -OCH3 is 1. The van der Waals surface area contributed by atoms with Crippen LogP contribution in [0.3, 0.4) is 0 Å². The second kappa shape index (κ2) is 8.39. The summed E-state index contributed by atoms with van der Waals surface area (Å²) in [6.45, 7) is 18.0. The van der Waals surface area contributed by atoms with Crippen LogP contribution in [0.15, 0.2) is 18.2 Å². The lowest BCUT2D eigenvalue weighted by molar-refractivity contribution is 0.0947. The quantitative estimate of drug-likeness (QED) is 0.545. The molecule has 0 saturated heterocycles. The second-order valence-corrected chi connectivity index (χ2v) is 8.26. The highest BCUT2D eigenvalue weighted by Crippen LogP contribution is 2.35. The minimum Gasteiger partial charge on any atom is -0.377 e. The molecule has 0 radical (unpaired) electrons. The zero-order valence-electron chi connectivity index (χ0n) is 18.2. The van der Waals surface area contributed by atoms with Crippen molar-refractivity contribution in [3.8, 4) is 0 Å². The topological polar surface area (TPSA) is 9.23 Å². The average Bonchev–Trinajstić information content (AvgIpc) is 2.50. The molecule has 2 aromatic rings. The number of hydrogen-bond acceptors (Lipinski definition) is 1. The predicted octanol–water partition coefficient (Wildman–Crippen LogP) is 6.98. The van der Waals surface area contributed by atoms with E-state index < -0.39 is 0 Å². The Labute approximate surface area is 160 Å². The first-order valence-corrected chi connectivity index (χ1v) is 9.87. The van der Waals surface area contributed by atoms with E-state index in [9.17, 15) is 0 Å². The summed E-state index contributed by atoms with van der Waals surface area (Å²) in [5.41, 5.74) is 12.7. The highest BCUT2D eigenvalue weighted by atomic mass is 16.5. The molecule has 0 saturated carbocycles. The summed E-state index contributed by atoms with van der Waals surface area (Å²) >= 11 is 0. The van der Waals surface area contributed by atoms with Gasteiger partial charge in [0.15, 0.2) is 0 Å². The summed E-state index contributed by atoms with van der Waals surface area (Å²) in [5.74, 6) is 0.536. The van der Waals surface area contributed by atoms with E-state index in [1.165, 1.54) is 50.1 Å². The summed E-state index contributed by atoms with van der Waals surface area (Å²) in [7, 11) is 1.85. The van der Waals surface area contributed by atoms with Crippen LogP contribution in [-0.4, -0.2) is 7.11 Å². The van der Waals surface area contributed by atoms with Crippen LogP contribution in [0.4, 0.5) is 0 Å². The lowest BCUT2D eigenvalue weighted by Crippen LogP contribution is -2.11. The van der Waals surface area contributed by atoms with Crippen LogP contribution in [0, 0.1) is 41.5 Å². The number of aryl methyl sites for hydroxylation is 5. The van der Waals surface area contributed by atoms with Crippen LogP contribution in [0.2, 0.25) is 0 Å². The maximum absolute atomic E-state index is 6.00. The molecule has 0 N–H and O–H groups in total. The Hall–Kier alpha value is -1.60. The largest absolute Gasteiger partial charge is 0.377 e. The molecule has 26 heavy (non-hydrogen) atoms. The lowest BCUT2D eigenvalue weighted by atomic mass is 9.84. The molecule has 0 fully saturated rings. The standard InChI is InChI=1S/C25H36O/c1-15(2)24-19(6)14-20(7)25(21(24)8)23(26-9)11-10-22-17(4)12-16(3)13-18(22)5/h12-15,23H,10-11H2,1-9H3. The van der Waals surface area contributed by atoms with Crippen LogP contribution in [0.25, 0.3) is 0 Å². The summed E-state index contributed by atoms with van der Waals surface area (Å²) < 4.78 is 6.00. The Morgan fingerprint density at radius 3 is 1.81 bits per heavy atom. The normalized spacial score (nSPS) is 12.7. The van der Waals surface area contributed by atoms with E-state index in [2.05, 4.69) is 73.6 Å². The van der Waals surface area contributed by atoms with E-state index in [1.807, 2.05) is 7.11 Å². The van der Waals surface area contributed by atoms with E-state index in [-0.39, 0.29) is 6.10 Å². The van der Waals surface area contributed by atoms with Gasteiger partial charge in [-0.1, -0.05) is 37.6 Å². The molecule has 0 spiro atoms. The van der Waals surface area contributed by atoms with Crippen molar-refractivity contribution in [2.45, 2.75) is 80.3 Å². The molecule has 0 aliphatic carbocycles. The van der Waals surface area contributed by atoms with Gasteiger partial charge in [-0.2, -0.15) is 0 Å². The molecule has 0 aliphatic rings. The van der Waals surface area contributed by atoms with E-state index >= 15 is 0 Å². The van der Waals surface area contributed by atoms with Crippen molar-refractivity contribution < 1.29 is 4.74 Å². The first-order valence-electron chi connectivity index (χ1n) is 9.87. The number of rotatable bonds is 6. The molecule has 0 aliphatic heterocycles. The lowest BCUT2D eigenvalue weighted by Gasteiger charge is -2.26. The molecule has 1 unspecified atom stereocenters. The molecule has 1 nitrogen and oxygen atoms in total. The summed E-state index contributed by atoms with van der Waals surface area (Å²) in [6, 6.07) is 6.93. The minimum absolute atomic E-state index is 0.146. The van der Waals surface area contributed by atoms with Gasteiger partial charge in [0.2, 0.25) is 0 Å². The molecule has 0 heterocycles. The maximum Gasteiger partial charge on any atom is 0.0829 e. The molecule has 0 amide bonds. The summed E-state index contributed by atoms with van der Waals surface area (Å²) in [4.78, 5) is 0. The van der Waals surface area contributed by atoms with E-state index in [0.29, 0.717) is 5.92 Å². The maximum atomic E-state index is 6.00. The number of ether oxygens (including phenoxy) is 1. The van der Waals surface area contributed by atoms with Crippen molar-refractivity contribution in [1.29, 1.82) is 0 Å². The van der Waals surface area contributed by atoms with Crippen molar-refractivity contribution in [2.75, 3.05) is 7.11 Å². The van der Waals surface area contributed by atoms with Crippen LogP contribution >= 0.6 is 0 Å². The smallest absolute Gasteiger partial charge is 0.0829 e. The third kappa shape index (κ3) is 4.20. The fourth-order valence-electron chi connectivity index (χ4n) is 4.86. The Balaban J connectivity index is 2.37. The SMILES string of the molecule is COC(CCc1c(C)cc(C)cc1C)c1c(C)cc(C)c(C(C)C)c1C. The van der Waals surface area contributed by atoms with Gasteiger partial charge in [-0.3, -0.25) is 0 Å². The van der Waals surface area contributed by atoms with Crippen LogP contribution < -0.4 is 0 Å². The van der Waals surface area contributed by atoms with Gasteiger partial charge < -0.3 is 4.74 Å². The third-order valence-corrected chi connectivity index (χ3v) is 5.77. The van der Waals surface area contributed by atoms with Gasteiger partial charge >= 0.3 is 0 Å². The molecule has 1 atom stereocenters. The molecule has 0 bridgehead atoms. The van der Waals surface area contributed by atoms with Gasteiger partial charge in [-0.05, 0) is 105 Å². The predicted molar refractivity (Wildman–Crippen MR) is 113 cm³/mol. The first-order chi connectivity index (χ1) is 12.2. The van der Waals surface area contributed by atoms with E-state index in [0.717, 1.165) is 12.8 Å². The van der Waals surface area contributed by atoms with Crippen molar-refractivity contribution in [1.82, 2.24) is 0 Å². The molecular formula is C25H36O. The zero-order valence-corrected chi connectivity index (χ0v) is 18.2. The Morgan fingerprint density at radius 2 is 1.31 bits per heavy atom. The highest BCUT2D eigenvalue weighted by Gasteiger charge is 2.21. The fourth-order valence-corrected chi connectivity index (χ4v) is 4.86. The van der Waals surface area contributed by atoms with Gasteiger partial charge in [0.1, 0.15) is 0 Å². The van der Waals surface area contributed by atoms with Gasteiger partial charge in [-0.15, -0.1) is 0 Å². The average molecular weight is 353 g/mol. The number of hydrogen-bond donors (Lipinski definition) is 0. The van der Waals surface area contributed by atoms with Gasteiger partial charge in [0, 0.05) is 7.11 Å². The zero-order chi connectivity index (χ0) is 19.6. The molecule has 0 aromatic heterocycles. The van der Waals surface area contributed by atoms with Crippen LogP contribution in [-0.2, 0) is 11.2 Å². The van der Waals surface area contributed by atoms with Gasteiger partial charge in [-0.25, -0.2) is 0 Å². The molecule has 2 rings (SSSR count). The van der Waals surface area contributed by atoms with E-state index in [1.54, 1.807) is 0 Å². The Morgan fingerprint density at radius 1 is 0.769 bits per heavy atom. The van der Waals surface area contributed by atoms with Crippen LogP contribution in [0.1, 0.15) is 82.4 Å². The van der Waals surface area contributed by atoms with Crippen molar-refractivity contribution in [3.63, 3.8) is 0 Å². The van der Waals surface area contributed by atoms with Crippen molar-refractivity contribution in [2.24, 2.45) is 0 Å². The van der Waals surface area contributed by atoms with Crippen molar-refractivity contribution in [3.05, 3.63) is 68.3 Å². The minimum atomic E-state index is 0.146. The summed E-state index contributed by atoms with van der Waals surface area (Å²) in [5, 5.41) is 0. The Kier molecular flexibility index (Phi) is 6.69. The van der Waals surface area contributed by atoms with Crippen molar-refractivity contribution >= 4 is 0 Å². The molecular weight excluding hydrogens is 316 g/mol. The second-order valence-electron chi connectivity index (χ2n) is 8.26. The molecule has 142 valence electrons. The fraction of sp³-hybridized carbons (Fsp3) is 0.520. The molecule has 1 heteroatoms.